The monoisotopic (exact) mass is 1710 g/mol. The van der Waals surface area contributed by atoms with Crippen molar-refractivity contribution in [3.8, 4) is 57.1 Å². The summed E-state index contributed by atoms with van der Waals surface area (Å²) in [5.41, 5.74) is 7.89. The Morgan fingerprint density at radius 2 is 1.25 bits per heavy atom. The predicted octanol–water partition coefficient (Wildman–Crippen LogP) is 4.42. The third kappa shape index (κ3) is 17.0. The number of aliphatic hydroxyl groups excluding tert-OH is 5. The quantitative estimate of drug-likeness (QED) is 0.0470. The summed E-state index contributed by atoms with van der Waals surface area (Å²) in [6.45, 7) is 5.48. The van der Waals surface area contributed by atoms with Crippen LogP contribution in [0, 0.1) is 5.92 Å². The van der Waals surface area contributed by atoms with E-state index in [1.165, 1.54) is 45.2 Å². The Morgan fingerprint density at radius 1 is 0.658 bits per heavy atom. The second-order valence-corrected chi connectivity index (χ2v) is 33.2. The minimum atomic E-state index is -4.87. The highest BCUT2D eigenvalue weighted by Crippen LogP contribution is 2.51. The molecule has 7 amide bonds. The fraction of sp³-hybridized carbons (Fsp3) is 0.341. The number of phenols is 3. The molecule has 7 aliphatic rings. The number of amides is 7. The van der Waals surface area contributed by atoms with Crippen molar-refractivity contribution in [2.45, 2.75) is 161 Å². The van der Waals surface area contributed by atoms with Crippen LogP contribution in [-0.4, -0.2) is 194 Å². The van der Waals surface area contributed by atoms with E-state index >= 15 is 24.0 Å². The Hall–Kier alpha value is -11.3. The van der Waals surface area contributed by atoms with Crippen molar-refractivity contribution in [1.29, 1.82) is 0 Å². The number of aliphatic carboxylic acids is 1. The van der Waals surface area contributed by atoms with Crippen LogP contribution in [0.4, 0.5) is 0 Å². The van der Waals surface area contributed by atoms with Crippen LogP contribution in [0.5, 0.6) is 46.0 Å². The molecule has 120 heavy (non-hydrogen) atoms. The number of rotatable bonds is 16. The molecule has 0 radical (unpaired) electrons. The Balaban J connectivity index is 0.969. The van der Waals surface area contributed by atoms with E-state index in [1.54, 1.807) is 12.1 Å². The number of ether oxygens (including phenoxy) is 6. The molecule has 0 saturated carbocycles. The summed E-state index contributed by atoms with van der Waals surface area (Å²) in [5, 5.41) is 127. The number of carbonyl (C=O) groups excluding carboxylic acids is 7. The van der Waals surface area contributed by atoms with Gasteiger partial charge in [-0.25, -0.2) is 4.79 Å². The highest BCUT2D eigenvalue weighted by atomic mass is 35.5. The minimum absolute atomic E-state index is 0.127. The van der Waals surface area contributed by atoms with Crippen molar-refractivity contribution in [2.75, 3.05) is 13.7 Å². The van der Waals surface area contributed by atoms with E-state index < -0.39 is 258 Å². The number of carbonyl (C=O) groups is 8. The molecule has 2 saturated heterocycles. The Morgan fingerprint density at radius 3 is 1.85 bits per heavy atom. The highest BCUT2D eigenvalue weighted by Gasteiger charge is 2.52. The van der Waals surface area contributed by atoms with Gasteiger partial charge in [-0.3, -0.25) is 37.7 Å². The Labute approximate surface area is 692 Å². The molecular weight excluding hydrogens is 1630 g/mol. The number of hydrogen-bond acceptors (Lipinski definition) is 27. The second-order valence-electron chi connectivity index (χ2n) is 30.7. The number of nitrogens with two attached hydrogens (primary N) is 2. The molecule has 9 aromatic carbocycles. The summed E-state index contributed by atoms with van der Waals surface area (Å²) in [6, 6.07) is 14.4. The lowest BCUT2D eigenvalue weighted by molar-refractivity contribution is -0.333. The van der Waals surface area contributed by atoms with Crippen LogP contribution in [0.2, 0.25) is 10.0 Å². The Kier molecular flexibility index (Phi) is 23.9. The number of phenolic OH excluding ortho intramolecular Hbond substituents is 3. The lowest BCUT2D eigenvalue weighted by atomic mass is 9.86. The molecule has 11 bridgehead atoms. The van der Waals surface area contributed by atoms with E-state index in [4.69, 9.17) is 67.3 Å². The smallest absolute Gasteiger partial charge is 0.330 e. The molecule has 0 spiro atoms. The first-order chi connectivity index (χ1) is 56.8. The van der Waals surface area contributed by atoms with Crippen LogP contribution in [0.25, 0.3) is 43.4 Å². The number of primary amides is 1. The van der Waals surface area contributed by atoms with Crippen LogP contribution >= 0.6 is 23.2 Å². The van der Waals surface area contributed by atoms with Crippen molar-refractivity contribution >= 4 is 113 Å². The molecule has 0 aliphatic carbocycles. The zero-order chi connectivity index (χ0) is 86.2. The maximum Gasteiger partial charge on any atom is 0.330 e. The van der Waals surface area contributed by atoms with E-state index in [0.717, 1.165) is 88.3 Å². The van der Waals surface area contributed by atoms with Gasteiger partial charge in [0.05, 0.1) is 46.2 Å². The number of aliphatic hydroxyl groups is 5. The van der Waals surface area contributed by atoms with Crippen molar-refractivity contribution in [3.63, 3.8) is 0 Å². The summed E-state index contributed by atoms with van der Waals surface area (Å²) >= 11 is 14.4. The number of aromatic hydroxyl groups is 3. The van der Waals surface area contributed by atoms with E-state index in [9.17, 15) is 68.8 Å². The van der Waals surface area contributed by atoms with Crippen LogP contribution in [0.3, 0.4) is 0 Å². The van der Waals surface area contributed by atoms with Gasteiger partial charge < -0.3 is 123 Å². The zero-order valence-corrected chi connectivity index (χ0v) is 66.5. The molecule has 632 valence electrons. The number of likely N-dealkylation sites (N-methyl/N-ethyl adjacent to an activating group) is 1. The standard InChI is InChI=1S/C82H83Cl2N9O26S/c1-32(2)19-48(87-5)74(103)92-65-67(98)39-14-17-52(46(83)23-39)115-54-25-41-26-55(71(54)119-81-72(118-58-30-82(4,86)73(102)33(3)114-58)70(101)69(100)56(117-81)31-113-120(111,112)43-20-36-11-9-34-7-6-8-35-10-12-37(21-43)60(36)59(34)35)116-53-18-15-40(24-47(53)84)68(99)66-79(108)91-64(80(109)110)45-27-42(94)28-51(96)61(45)44-22-38(13-16-50(44)95)62(76(105)93-66)90-77(106)63(41)89-75(104)49(29-57(85)97)88-78(65)107/h6-18,20-28,32-33,48-49,56,58,62-70,72-73,81,87,94-96,98-102H,19,29-31,86H2,1-5H3,(H2,85,97)(H,88,107)(H,89,104)(H,90,106)(H,91,108)(H,92,103)(H,93,105)(H,109,110)/t33?,48-,49+,56?,58?,62-,63-,64-,65-,66+,67-,68-,69?,70?,72?,73?,81?,82?/m1/s1. The van der Waals surface area contributed by atoms with Crippen LogP contribution < -0.4 is 62.9 Å². The van der Waals surface area contributed by atoms with Gasteiger partial charge in [-0.1, -0.05) is 97.7 Å². The van der Waals surface area contributed by atoms with E-state index in [0.29, 0.717) is 10.8 Å². The van der Waals surface area contributed by atoms with Gasteiger partial charge in [0.25, 0.3) is 10.1 Å². The van der Waals surface area contributed by atoms with E-state index in [1.807, 2.05) is 44.2 Å². The highest BCUT2D eigenvalue weighted by molar-refractivity contribution is 7.86. The molecule has 38 heteroatoms. The van der Waals surface area contributed by atoms with Crippen molar-refractivity contribution < 1.29 is 125 Å². The van der Waals surface area contributed by atoms with Crippen molar-refractivity contribution in [2.24, 2.45) is 17.4 Å². The average Bonchev–Trinajstić information content (AvgIpc) is 0.736. The van der Waals surface area contributed by atoms with Gasteiger partial charge >= 0.3 is 5.97 Å². The Bertz CT molecular complexity index is 5660. The fourth-order valence-corrected chi connectivity index (χ4v) is 17.0. The van der Waals surface area contributed by atoms with E-state index in [-0.39, 0.29) is 40.3 Å². The minimum Gasteiger partial charge on any atom is -0.508 e. The van der Waals surface area contributed by atoms with Gasteiger partial charge in [-0.2, -0.15) is 8.42 Å². The van der Waals surface area contributed by atoms with Crippen LogP contribution in [-0.2, 0) is 66.9 Å². The van der Waals surface area contributed by atoms with Gasteiger partial charge in [0.15, 0.2) is 29.9 Å². The molecule has 7 heterocycles. The molecule has 16 rings (SSSR count). The molecule has 9 unspecified atom stereocenters. The summed E-state index contributed by atoms with van der Waals surface area (Å²) in [4.78, 5) is 118. The van der Waals surface area contributed by atoms with Gasteiger partial charge in [-0.15, -0.1) is 0 Å². The first-order valence-electron chi connectivity index (χ1n) is 37.8. The van der Waals surface area contributed by atoms with Gasteiger partial charge in [0, 0.05) is 34.7 Å². The topological polar surface area (TPSA) is 554 Å². The van der Waals surface area contributed by atoms with Crippen LogP contribution in [0.1, 0.15) is 105 Å². The zero-order valence-electron chi connectivity index (χ0n) is 64.2. The number of carboxylic acids is 1. The third-order valence-electron chi connectivity index (χ3n) is 21.7. The molecule has 7 aliphatic heterocycles. The number of carboxylic acid groups (broad SMARTS) is 1. The first kappa shape index (κ1) is 85.1. The van der Waals surface area contributed by atoms with E-state index in [2.05, 4.69) is 37.2 Å². The maximum absolute atomic E-state index is 16.3. The molecule has 9 aromatic rings. The predicted molar refractivity (Wildman–Crippen MR) is 425 cm³/mol. The summed E-state index contributed by atoms with van der Waals surface area (Å²) < 4.78 is 74.6. The first-order valence-corrected chi connectivity index (χ1v) is 39.9. The lowest BCUT2D eigenvalue weighted by Gasteiger charge is -2.47. The number of hydrogen-bond donors (Lipinski definition) is 18. The average molecular weight is 1710 g/mol. The summed E-state index contributed by atoms with van der Waals surface area (Å²) in [7, 11) is -3.40. The van der Waals surface area contributed by atoms with Gasteiger partial charge in [0.2, 0.25) is 53.4 Å². The molecule has 35 nitrogen and oxygen atoms in total. The van der Waals surface area contributed by atoms with Crippen molar-refractivity contribution in [1.82, 2.24) is 37.2 Å². The SMILES string of the molecule is CN[C@H](CC(C)C)C(=O)N[C@H]1C(=O)N[C@@H](CC(N)=O)C(=O)N[C@H]2C(=O)N[C@H]3C(=O)N[C@H](C(=O)N[C@@H](C(=O)O)c4cc(O)cc(O)c4-c4cc3ccc4O)[C@H](O)c3ccc(c(Cl)c3)Oc3cc2cc(c3OC2OC(COS(=O)(=O)c3cc4ccc5cccc6ccc(c3)c4c56)C(O)C(O)C2OC2CC(C)(N)C(O)C(C)O2)Oc2ccc(cc2Cl)[C@H]1O. The number of benzene rings is 9. The number of nitrogens with one attached hydrogen (secondary N) is 7. The van der Waals surface area contributed by atoms with Crippen molar-refractivity contribution in [3.05, 3.63) is 171 Å². The number of halogens is 2. The summed E-state index contributed by atoms with van der Waals surface area (Å²) in [6.07, 6.45) is -20.2. The molecule has 20 N–H and O–H groups in total. The maximum atomic E-state index is 16.3. The molecular formula is C82H83Cl2N9O26S. The largest absolute Gasteiger partial charge is 0.508 e. The second kappa shape index (κ2) is 33.7. The lowest BCUT2D eigenvalue weighted by Crippen LogP contribution is -2.64. The number of fused-ring (bicyclic) bond motifs is 15. The molecule has 2 fully saturated rings. The van der Waals surface area contributed by atoms with Gasteiger partial charge in [0.1, 0.15) is 89.5 Å². The van der Waals surface area contributed by atoms with Crippen LogP contribution in [0.15, 0.2) is 138 Å². The normalized spacial score (nSPS) is 26.9. The summed E-state index contributed by atoms with van der Waals surface area (Å²) in [5.74, 6) is -16.7. The fourth-order valence-electron chi connectivity index (χ4n) is 15.6. The third-order valence-corrected chi connectivity index (χ3v) is 23.6. The molecule has 0 aromatic heterocycles. The molecule has 18 atom stereocenters. The van der Waals surface area contributed by atoms with Gasteiger partial charge in [-0.05, 0) is 155 Å².